The molecular weight excluding hydrogens is 276 g/mol. The fourth-order valence-electron chi connectivity index (χ4n) is 2.56. The molecule has 1 unspecified atom stereocenters. The molecule has 2 heterocycles. The van der Waals surface area contributed by atoms with E-state index in [1.807, 2.05) is 0 Å². The molecule has 0 saturated carbocycles. The predicted molar refractivity (Wildman–Crippen MR) is 72.2 cm³/mol. The van der Waals surface area contributed by atoms with Gasteiger partial charge in [0.05, 0.1) is 0 Å². The largest absolute Gasteiger partial charge is 0.479 e. The zero-order chi connectivity index (χ0) is 15.2. The first-order valence-electron chi connectivity index (χ1n) is 7.09. The summed E-state index contributed by atoms with van der Waals surface area (Å²) in [5.41, 5.74) is 0. The van der Waals surface area contributed by atoms with E-state index in [1.165, 1.54) is 6.33 Å². The molecule has 21 heavy (non-hydrogen) atoms. The second-order valence-corrected chi connectivity index (χ2v) is 5.26. The van der Waals surface area contributed by atoms with E-state index < -0.39 is 12.1 Å². The molecule has 1 aliphatic rings. The topological polar surface area (TPSA) is 109 Å². The Kier molecular flexibility index (Phi) is 5.26. The minimum atomic E-state index is -1.32. The van der Waals surface area contributed by atoms with Crippen LogP contribution in [0.5, 0.6) is 0 Å². The molecule has 0 bridgehead atoms. The first-order chi connectivity index (χ1) is 10.1. The average molecular weight is 296 g/mol. The summed E-state index contributed by atoms with van der Waals surface area (Å²) in [6.07, 6.45) is 3.94. The molecule has 1 amide bonds. The summed E-state index contributed by atoms with van der Waals surface area (Å²) in [7, 11) is 0. The molecule has 1 atom stereocenters. The smallest absolute Gasteiger partial charge is 0.332 e. The summed E-state index contributed by atoms with van der Waals surface area (Å²) in [5, 5.41) is 22.2. The number of hydrogen-bond acceptors (Lipinski definition) is 5. The zero-order valence-electron chi connectivity index (χ0n) is 11.8. The average Bonchev–Trinajstić information content (AvgIpc) is 2.99. The van der Waals surface area contributed by atoms with E-state index >= 15 is 0 Å². The minimum absolute atomic E-state index is 0.0679. The molecule has 1 saturated heterocycles. The van der Waals surface area contributed by atoms with Crippen molar-refractivity contribution < 1.29 is 19.8 Å². The van der Waals surface area contributed by atoms with Gasteiger partial charge in [0.15, 0.2) is 6.10 Å². The molecule has 1 aromatic heterocycles. The molecule has 2 rings (SSSR count). The van der Waals surface area contributed by atoms with Gasteiger partial charge in [-0.2, -0.15) is 5.10 Å². The summed E-state index contributed by atoms with van der Waals surface area (Å²) < 4.78 is 1.68. The van der Waals surface area contributed by atoms with Crippen molar-refractivity contribution in [3.63, 3.8) is 0 Å². The summed E-state index contributed by atoms with van der Waals surface area (Å²) >= 11 is 0. The lowest BCUT2D eigenvalue weighted by Gasteiger charge is -2.33. The third-order valence-electron chi connectivity index (χ3n) is 3.84. The van der Waals surface area contributed by atoms with Gasteiger partial charge in [0.2, 0.25) is 5.91 Å². The van der Waals surface area contributed by atoms with Crippen molar-refractivity contribution in [3.8, 4) is 0 Å². The highest BCUT2D eigenvalue weighted by Crippen LogP contribution is 2.21. The number of carboxylic acids is 1. The lowest BCUT2D eigenvalue weighted by atomic mass is 9.91. The fourth-order valence-corrected chi connectivity index (χ4v) is 2.56. The number of aliphatic hydroxyl groups excluding tert-OH is 1. The number of likely N-dealkylation sites (tertiary alicyclic amines) is 1. The molecule has 8 heteroatoms. The highest BCUT2D eigenvalue weighted by atomic mass is 16.4. The minimum Gasteiger partial charge on any atom is -0.479 e. The number of carboxylic acid groups (broad SMARTS) is 1. The number of aryl methyl sites for hydroxylation is 1. The van der Waals surface area contributed by atoms with E-state index in [2.05, 4.69) is 10.1 Å². The van der Waals surface area contributed by atoms with E-state index in [9.17, 15) is 14.7 Å². The number of carbonyl (C=O) groups is 2. The number of aliphatic hydroxyl groups is 1. The number of hydrogen-bond donors (Lipinski definition) is 2. The Bertz CT molecular complexity index is 469. The number of rotatable bonds is 6. The van der Waals surface area contributed by atoms with Gasteiger partial charge in [-0.15, -0.1) is 0 Å². The Hall–Kier alpha value is -1.96. The molecule has 8 nitrogen and oxygen atoms in total. The maximum absolute atomic E-state index is 12.0. The van der Waals surface area contributed by atoms with Gasteiger partial charge in [0.25, 0.3) is 0 Å². The Labute approximate surface area is 122 Å². The zero-order valence-corrected chi connectivity index (χ0v) is 11.8. The van der Waals surface area contributed by atoms with E-state index in [1.54, 1.807) is 15.9 Å². The third-order valence-corrected chi connectivity index (χ3v) is 3.84. The van der Waals surface area contributed by atoms with Crippen LogP contribution in [0.1, 0.15) is 25.7 Å². The molecule has 1 aromatic rings. The molecule has 2 N–H and O–H groups in total. The first-order valence-corrected chi connectivity index (χ1v) is 7.09. The van der Waals surface area contributed by atoms with Gasteiger partial charge < -0.3 is 15.1 Å². The third kappa shape index (κ3) is 4.25. The van der Waals surface area contributed by atoms with E-state index in [-0.39, 0.29) is 11.8 Å². The van der Waals surface area contributed by atoms with Crippen LogP contribution >= 0.6 is 0 Å². The molecule has 1 fully saturated rings. The Morgan fingerprint density at radius 1 is 1.33 bits per heavy atom. The van der Waals surface area contributed by atoms with Crippen molar-refractivity contribution in [1.29, 1.82) is 0 Å². The summed E-state index contributed by atoms with van der Waals surface area (Å²) in [5.74, 6) is -1.38. The van der Waals surface area contributed by atoms with Gasteiger partial charge in [0, 0.05) is 26.1 Å². The number of nitrogens with zero attached hydrogens (tertiary/aromatic N) is 4. The Balaban J connectivity index is 1.69. The van der Waals surface area contributed by atoms with Gasteiger partial charge in [-0.1, -0.05) is 0 Å². The van der Waals surface area contributed by atoms with Crippen LogP contribution in [0.4, 0.5) is 0 Å². The second-order valence-electron chi connectivity index (χ2n) is 5.26. The van der Waals surface area contributed by atoms with E-state index in [4.69, 9.17) is 5.11 Å². The van der Waals surface area contributed by atoms with E-state index in [0.717, 1.165) is 0 Å². The fraction of sp³-hybridized carbons (Fsp3) is 0.692. The van der Waals surface area contributed by atoms with E-state index in [0.29, 0.717) is 45.3 Å². The number of aliphatic carboxylic acids is 1. The highest BCUT2D eigenvalue weighted by molar-refractivity contribution is 5.76. The Morgan fingerprint density at radius 3 is 2.62 bits per heavy atom. The number of aromatic nitrogens is 3. The van der Waals surface area contributed by atoms with Crippen LogP contribution in [-0.4, -0.2) is 60.9 Å². The van der Waals surface area contributed by atoms with Gasteiger partial charge in [0.1, 0.15) is 12.7 Å². The van der Waals surface area contributed by atoms with Crippen LogP contribution in [0.3, 0.4) is 0 Å². The lowest BCUT2D eigenvalue weighted by Crippen LogP contribution is -2.43. The standard InChI is InChI=1S/C13H20N4O4/c18-11(2-1-5-17-9-14-8-15-17)16-6-3-10(4-7-16)12(19)13(20)21/h8-10,12,19H,1-7H2,(H,20,21). The monoisotopic (exact) mass is 296 g/mol. The number of piperidine rings is 1. The summed E-state index contributed by atoms with van der Waals surface area (Å²) in [6.45, 7) is 1.67. The van der Waals surface area contributed by atoms with Crippen LogP contribution in [0.2, 0.25) is 0 Å². The summed E-state index contributed by atoms with van der Waals surface area (Å²) in [4.78, 5) is 28.3. The molecular formula is C13H20N4O4. The van der Waals surface area contributed by atoms with Gasteiger partial charge in [-0.05, 0) is 25.2 Å². The van der Waals surface area contributed by atoms with Crippen LogP contribution in [0.15, 0.2) is 12.7 Å². The molecule has 0 spiro atoms. The van der Waals surface area contributed by atoms with Crippen molar-refractivity contribution >= 4 is 11.9 Å². The van der Waals surface area contributed by atoms with Gasteiger partial charge >= 0.3 is 5.97 Å². The second kappa shape index (κ2) is 7.16. The summed E-state index contributed by atoms with van der Waals surface area (Å²) in [6, 6.07) is 0. The molecule has 1 aliphatic heterocycles. The van der Waals surface area contributed by atoms with Crippen LogP contribution < -0.4 is 0 Å². The van der Waals surface area contributed by atoms with Crippen molar-refractivity contribution in [1.82, 2.24) is 19.7 Å². The SMILES string of the molecule is O=C(O)C(O)C1CCN(C(=O)CCCn2cncn2)CC1. The maximum Gasteiger partial charge on any atom is 0.332 e. The van der Waals surface area contributed by atoms with Crippen molar-refractivity contribution in [2.75, 3.05) is 13.1 Å². The lowest BCUT2D eigenvalue weighted by molar-refractivity contribution is -0.151. The maximum atomic E-state index is 12.0. The normalized spacial score (nSPS) is 17.7. The quantitative estimate of drug-likeness (QED) is 0.749. The number of amides is 1. The number of carbonyl (C=O) groups excluding carboxylic acids is 1. The van der Waals surface area contributed by atoms with Crippen molar-refractivity contribution in [2.45, 2.75) is 38.3 Å². The molecule has 0 radical (unpaired) electrons. The van der Waals surface area contributed by atoms with Crippen LogP contribution in [-0.2, 0) is 16.1 Å². The highest BCUT2D eigenvalue weighted by Gasteiger charge is 2.30. The van der Waals surface area contributed by atoms with Crippen LogP contribution in [0.25, 0.3) is 0 Å². The molecule has 116 valence electrons. The van der Waals surface area contributed by atoms with Crippen LogP contribution in [0, 0.1) is 5.92 Å². The first kappa shape index (κ1) is 15.4. The van der Waals surface area contributed by atoms with Crippen molar-refractivity contribution in [2.24, 2.45) is 5.92 Å². The molecule has 0 aliphatic carbocycles. The Morgan fingerprint density at radius 2 is 2.05 bits per heavy atom. The van der Waals surface area contributed by atoms with Crippen molar-refractivity contribution in [3.05, 3.63) is 12.7 Å². The van der Waals surface area contributed by atoms with Gasteiger partial charge in [-0.25, -0.2) is 9.78 Å². The predicted octanol–water partition coefficient (Wildman–Crippen LogP) is -0.258. The molecule has 0 aromatic carbocycles. The van der Waals surface area contributed by atoms with Gasteiger partial charge in [-0.3, -0.25) is 9.48 Å².